The van der Waals surface area contributed by atoms with Gasteiger partial charge in [-0.1, -0.05) is 24.2 Å². The van der Waals surface area contributed by atoms with Crippen LogP contribution in [0.4, 0.5) is 4.39 Å². The van der Waals surface area contributed by atoms with Crippen molar-refractivity contribution in [2.24, 2.45) is 0 Å². The van der Waals surface area contributed by atoms with E-state index < -0.39 is 0 Å². The highest BCUT2D eigenvalue weighted by Crippen LogP contribution is 2.25. The summed E-state index contributed by atoms with van der Waals surface area (Å²) in [6.45, 7) is 4.96. The van der Waals surface area contributed by atoms with E-state index in [2.05, 4.69) is 17.0 Å². The molecule has 0 fully saturated rings. The zero-order valence-electron chi connectivity index (χ0n) is 13.9. The lowest BCUT2D eigenvalue weighted by Crippen LogP contribution is -2.27. The first-order valence-corrected chi connectivity index (χ1v) is 8.69. The van der Waals surface area contributed by atoms with E-state index in [1.54, 1.807) is 12.1 Å². The van der Waals surface area contributed by atoms with Gasteiger partial charge in [-0.2, -0.15) is 0 Å². The Morgan fingerprint density at radius 3 is 2.91 bits per heavy atom. The molecule has 23 heavy (non-hydrogen) atoms. The highest BCUT2D eigenvalue weighted by molar-refractivity contribution is 5.25. The van der Waals surface area contributed by atoms with E-state index in [4.69, 9.17) is 4.52 Å². The maximum Gasteiger partial charge on any atom is 0.140 e. The zero-order chi connectivity index (χ0) is 16.1. The third-order valence-corrected chi connectivity index (χ3v) is 4.55. The molecule has 1 aliphatic carbocycles. The Bertz CT molecular complexity index is 638. The van der Waals surface area contributed by atoms with Crippen molar-refractivity contribution >= 4 is 0 Å². The number of nitrogens with zero attached hydrogens (tertiary/aromatic N) is 2. The molecule has 0 unspecified atom stereocenters. The van der Waals surface area contributed by atoms with Crippen molar-refractivity contribution in [3.8, 4) is 0 Å². The Morgan fingerprint density at radius 2 is 2.09 bits per heavy atom. The van der Waals surface area contributed by atoms with Crippen LogP contribution in [0.25, 0.3) is 0 Å². The molecule has 0 saturated carbocycles. The smallest absolute Gasteiger partial charge is 0.140 e. The molecule has 0 atom stereocenters. The van der Waals surface area contributed by atoms with E-state index in [1.165, 1.54) is 24.5 Å². The van der Waals surface area contributed by atoms with Crippen molar-refractivity contribution in [2.75, 3.05) is 13.1 Å². The fourth-order valence-corrected chi connectivity index (χ4v) is 3.35. The fourth-order valence-electron chi connectivity index (χ4n) is 3.35. The maximum absolute atomic E-state index is 13.3. The lowest BCUT2D eigenvalue weighted by Gasteiger charge is -2.21. The predicted octanol–water partition coefficient (Wildman–Crippen LogP) is 4.15. The van der Waals surface area contributed by atoms with Crippen molar-refractivity contribution < 1.29 is 8.91 Å². The van der Waals surface area contributed by atoms with Gasteiger partial charge < -0.3 is 4.52 Å². The molecule has 0 aliphatic heterocycles. The Morgan fingerprint density at radius 1 is 1.22 bits per heavy atom. The quantitative estimate of drug-likeness (QED) is 0.768. The summed E-state index contributed by atoms with van der Waals surface area (Å²) in [5.74, 6) is 0.933. The van der Waals surface area contributed by atoms with Crippen LogP contribution in [0.2, 0.25) is 0 Å². The van der Waals surface area contributed by atoms with Crippen molar-refractivity contribution in [1.82, 2.24) is 10.1 Å². The van der Waals surface area contributed by atoms with Crippen LogP contribution in [0, 0.1) is 5.82 Å². The molecule has 0 spiro atoms. The number of benzene rings is 1. The summed E-state index contributed by atoms with van der Waals surface area (Å²) in [6.07, 6.45) is 6.52. The predicted molar refractivity (Wildman–Crippen MR) is 88.8 cm³/mol. The maximum atomic E-state index is 13.3. The number of aryl methyl sites for hydroxylation is 1. The molecule has 1 heterocycles. The summed E-state index contributed by atoms with van der Waals surface area (Å²) in [6, 6.07) is 6.89. The number of hydrogen-bond acceptors (Lipinski definition) is 3. The van der Waals surface area contributed by atoms with Gasteiger partial charge in [-0.3, -0.25) is 4.90 Å². The molecule has 0 radical (unpaired) electrons. The van der Waals surface area contributed by atoms with Crippen LogP contribution < -0.4 is 0 Å². The average Bonchev–Trinajstić information content (AvgIpc) is 2.96. The van der Waals surface area contributed by atoms with Gasteiger partial charge in [0.2, 0.25) is 0 Å². The molecule has 1 aromatic heterocycles. The molecular formula is C19H25FN2O. The van der Waals surface area contributed by atoms with Crippen LogP contribution in [0.3, 0.4) is 0 Å². The van der Waals surface area contributed by atoms with Gasteiger partial charge in [0, 0.05) is 25.1 Å². The first-order chi connectivity index (χ1) is 11.3. The summed E-state index contributed by atoms with van der Waals surface area (Å²) in [5, 5.41) is 4.31. The van der Waals surface area contributed by atoms with Crippen LogP contribution in [-0.2, 0) is 25.8 Å². The van der Waals surface area contributed by atoms with Gasteiger partial charge >= 0.3 is 0 Å². The first kappa shape index (κ1) is 16.2. The average molecular weight is 316 g/mol. The lowest BCUT2D eigenvalue weighted by molar-refractivity contribution is 0.258. The van der Waals surface area contributed by atoms with Crippen molar-refractivity contribution in [2.45, 2.75) is 52.0 Å². The van der Waals surface area contributed by atoms with Crippen LogP contribution in [0.15, 0.2) is 28.8 Å². The van der Waals surface area contributed by atoms with Gasteiger partial charge in [0.15, 0.2) is 0 Å². The van der Waals surface area contributed by atoms with Crippen LogP contribution in [-0.4, -0.2) is 23.1 Å². The lowest BCUT2D eigenvalue weighted by atomic mass is 9.96. The second kappa shape index (κ2) is 7.73. The first-order valence-electron chi connectivity index (χ1n) is 8.69. The topological polar surface area (TPSA) is 29.3 Å². The minimum atomic E-state index is -0.157. The van der Waals surface area contributed by atoms with E-state index in [9.17, 15) is 4.39 Å². The number of fused-ring (bicyclic) bond motifs is 1. The minimum absolute atomic E-state index is 0.157. The van der Waals surface area contributed by atoms with Gasteiger partial charge in [-0.05, 0) is 56.3 Å². The van der Waals surface area contributed by atoms with Crippen LogP contribution >= 0.6 is 0 Å². The molecule has 2 aromatic rings. The van der Waals surface area contributed by atoms with Crippen LogP contribution in [0.1, 0.15) is 48.8 Å². The van der Waals surface area contributed by atoms with E-state index in [0.717, 1.165) is 62.3 Å². The third kappa shape index (κ3) is 4.20. The van der Waals surface area contributed by atoms with E-state index in [-0.39, 0.29) is 5.82 Å². The minimum Gasteiger partial charge on any atom is -0.361 e. The number of hydrogen-bond donors (Lipinski definition) is 0. The number of aromatic nitrogens is 1. The molecule has 1 aliphatic rings. The molecule has 3 rings (SSSR count). The normalized spacial score (nSPS) is 14.2. The van der Waals surface area contributed by atoms with Crippen LogP contribution in [0.5, 0.6) is 0 Å². The Hall–Kier alpha value is -1.68. The Kier molecular flexibility index (Phi) is 5.44. The second-order valence-corrected chi connectivity index (χ2v) is 6.39. The molecule has 4 heteroatoms. The van der Waals surface area contributed by atoms with E-state index >= 15 is 0 Å². The van der Waals surface area contributed by atoms with E-state index in [0.29, 0.717) is 0 Å². The molecule has 124 valence electrons. The third-order valence-electron chi connectivity index (χ3n) is 4.55. The summed E-state index contributed by atoms with van der Waals surface area (Å²) in [5.41, 5.74) is 3.49. The summed E-state index contributed by atoms with van der Waals surface area (Å²) in [4.78, 5) is 2.40. The van der Waals surface area contributed by atoms with Gasteiger partial charge in [0.05, 0.1) is 0 Å². The second-order valence-electron chi connectivity index (χ2n) is 6.39. The monoisotopic (exact) mass is 316 g/mol. The fraction of sp³-hybridized carbons (Fsp3) is 0.526. The molecular weight excluding hydrogens is 291 g/mol. The SMILES string of the molecule is CCCN(CCc1cccc(F)c1)Cc1noc2c1CCCC2. The zero-order valence-corrected chi connectivity index (χ0v) is 13.9. The van der Waals surface area contributed by atoms with Gasteiger partial charge in [-0.15, -0.1) is 0 Å². The summed E-state index contributed by atoms with van der Waals surface area (Å²) in [7, 11) is 0. The highest BCUT2D eigenvalue weighted by Gasteiger charge is 2.20. The largest absolute Gasteiger partial charge is 0.361 e. The molecule has 0 bridgehead atoms. The molecule has 1 aromatic carbocycles. The Labute approximate surface area is 137 Å². The molecule has 0 saturated heterocycles. The van der Waals surface area contributed by atoms with Gasteiger partial charge in [0.25, 0.3) is 0 Å². The van der Waals surface area contributed by atoms with Crippen molar-refractivity contribution in [1.29, 1.82) is 0 Å². The summed E-state index contributed by atoms with van der Waals surface area (Å²) >= 11 is 0. The summed E-state index contributed by atoms with van der Waals surface area (Å²) < 4.78 is 18.8. The number of halogens is 1. The van der Waals surface area contributed by atoms with Crippen molar-refractivity contribution in [3.63, 3.8) is 0 Å². The van der Waals surface area contributed by atoms with Crippen molar-refractivity contribution in [3.05, 3.63) is 52.7 Å². The van der Waals surface area contributed by atoms with Gasteiger partial charge in [-0.25, -0.2) is 4.39 Å². The molecule has 0 N–H and O–H groups in total. The highest BCUT2D eigenvalue weighted by atomic mass is 19.1. The Balaban J connectivity index is 1.63. The molecule has 3 nitrogen and oxygen atoms in total. The number of rotatable bonds is 7. The van der Waals surface area contributed by atoms with E-state index in [1.807, 2.05) is 6.07 Å². The molecule has 0 amide bonds. The standard InChI is InChI=1S/C19H25FN2O/c1-2-11-22(12-10-15-6-5-7-16(20)13-15)14-18-17-8-3-4-9-19(17)23-21-18/h5-7,13H,2-4,8-12,14H2,1H3. The van der Waals surface area contributed by atoms with Gasteiger partial charge in [0.1, 0.15) is 17.3 Å².